The van der Waals surface area contributed by atoms with E-state index in [0.717, 1.165) is 29.2 Å². The zero-order valence-corrected chi connectivity index (χ0v) is 16.3. The van der Waals surface area contributed by atoms with E-state index in [1.54, 1.807) is 19.2 Å². The zero-order chi connectivity index (χ0) is 19.1. The van der Waals surface area contributed by atoms with Gasteiger partial charge < -0.3 is 14.6 Å². The van der Waals surface area contributed by atoms with Crippen molar-refractivity contribution in [2.75, 3.05) is 13.2 Å². The monoisotopic (exact) mass is 372 g/mol. The molecular weight excluding hydrogens is 348 g/mol. The average molecular weight is 372 g/mol. The van der Waals surface area contributed by atoms with Crippen molar-refractivity contribution in [3.05, 3.63) is 52.8 Å². The summed E-state index contributed by atoms with van der Waals surface area (Å²) in [7, 11) is 0. The molecule has 2 rings (SSSR count). The van der Waals surface area contributed by atoms with E-state index in [0.29, 0.717) is 17.3 Å². The molecule has 1 aromatic carbocycles. The van der Waals surface area contributed by atoms with Gasteiger partial charge >= 0.3 is 5.97 Å². The molecule has 0 saturated carbocycles. The summed E-state index contributed by atoms with van der Waals surface area (Å²) in [4.78, 5) is 12.0. The number of benzene rings is 1. The van der Waals surface area contributed by atoms with Crippen molar-refractivity contribution in [3.63, 3.8) is 0 Å². The first-order valence-electron chi connectivity index (χ1n) is 8.51. The van der Waals surface area contributed by atoms with Crippen LogP contribution in [0.25, 0.3) is 5.69 Å². The van der Waals surface area contributed by atoms with Crippen LogP contribution in [0.15, 0.2) is 35.4 Å². The van der Waals surface area contributed by atoms with Crippen molar-refractivity contribution in [3.8, 4) is 5.69 Å². The Balaban J connectivity index is 2.27. The van der Waals surface area contributed by atoms with E-state index >= 15 is 0 Å². The molecule has 0 saturated heterocycles. The number of carbonyl (C=O) groups is 1. The van der Waals surface area contributed by atoms with Gasteiger partial charge in [-0.3, -0.25) is 5.43 Å². The van der Waals surface area contributed by atoms with Gasteiger partial charge in [0.1, 0.15) is 0 Å². The van der Waals surface area contributed by atoms with Crippen molar-refractivity contribution in [2.45, 2.75) is 27.7 Å². The second kappa shape index (κ2) is 9.15. The summed E-state index contributed by atoms with van der Waals surface area (Å²) < 4.78 is 7.16. The first kappa shape index (κ1) is 19.7. The number of hydrogen-bond acceptors (Lipinski definition) is 4. The van der Waals surface area contributed by atoms with Crippen molar-refractivity contribution >= 4 is 29.5 Å². The zero-order valence-electron chi connectivity index (χ0n) is 15.5. The Kier molecular flexibility index (Phi) is 6.91. The molecule has 7 heteroatoms. The molecule has 0 aliphatic carbocycles. The maximum atomic E-state index is 12.0. The highest BCUT2D eigenvalue weighted by Gasteiger charge is 2.12. The summed E-state index contributed by atoms with van der Waals surface area (Å²) >= 11 is 5.08. The molecule has 6 nitrogen and oxygen atoms in total. The molecule has 2 N–H and O–H groups in total. The molecule has 1 heterocycles. The van der Waals surface area contributed by atoms with Crippen molar-refractivity contribution < 1.29 is 9.53 Å². The lowest BCUT2D eigenvalue weighted by atomic mass is 10.2. The van der Waals surface area contributed by atoms with Crippen LogP contribution < -0.4 is 10.7 Å². The number of aromatic nitrogens is 1. The summed E-state index contributed by atoms with van der Waals surface area (Å²) in [5.41, 5.74) is 7.25. The van der Waals surface area contributed by atoms with Gasteiger partial charge in [0.05, 0.1) is 18.4 Å². The molecule has 2 aromatic rings. The van der Waals surface area contributed by atoms with Crippen LogP contribution in [0.4, 0.5) is 0 Å². The number of hydrazone groups is 1. The largest absolute Gasteiger partial charge is 0.462 e. The summed E-state index contributed by atoms with van der Waals surface area (Å²) in [5.74, 6) is -0.320. The highest BCUT2D eigenvalue weighted by molar-refractivity contribution is 7.80. The molecular formula is C19H24N4O2S. The Morgan fingerprint density at radius 2 is 2.08 bits per heavy atom. The van der Waals surface area contributed by atoms with Crippen LogP contribution in [0, 0.1) is 13.8 Å². The van der Waals surface area contributed by atoms with E-state index in [2.05, 4.69) is 20.4 Å². The van der Waals surface area contributed by atoms with Gasteiger partial charge in [0.15, 0.2) is 5.11 Å². The maximum Gasteiger partial charge on any atom is 0.338 e. The number of nitrogens with zero attached hydrogens (tertiary/aromatic N) is 2. The predicted octanol–water partition coefficient (Wildman–Crippen LogP) is 3.09. The molecule has 0 spiro atoms. The van der Waals surface area contributed by atoms with Crippen LogP contribution in [0.5, 0.6) is 0 Å². The van der Waals surface area contributed by atoms with E-state index in [-0.39, 0.29) is 5.97 Å². The first-order chi connectivity index (χ1) is 12.5. The topological polar surface area (TPSA) is 67.7 Å². The molecule has 26 heavy (non-hydrogen) atoms. The number of thiocarbonyl (C=S) groups is 1. The second-order valence-electron chi connectivity index (χ2n) is 5.66. The molecule has 0 amide bonds. The van der Waals surface area contributed by atoms with Gasteiger partial charge in [-0.25, -0.2) is 4.79 Å². The van der Waals surface area contributed by atoms with Crippen LogP contribution in [0.2, 0.25) is 0 Å². The Labute approximate surface area is 159 Å². The second-order valence-corrected chi connectivity index (χ2v) is 6.07. The normalized spacial score (nSPS) is 10.8. The predicted molar refractivity (Wildman–Crippen MR) is 108 cm³/mol. The minimum absolute atomic E-state index is 0.320. The molecule has 0 aliphatic rings. The first-order valence-corrected chi connectivity index (χ1v) is 8.92. The maximum absolute atomic E-state index is 12.0. The molecule has 0 atom stereocenters. The summed E-state index contributed by atoms with van der Waals surface area (Å²) in [6, 6.07) is 9.43. The molecule has 138 valence electrons. The van der Waals surface area contributed by atoms with E-state index in [1.807, 2.05) is 45.0 Å². The standard InChI is InChI=1S/C19H24N4O2S/c1-5-20-19(26)22-21-12-16-10-13(3)23(14(16)4)17-9-7-8-15(11-17)18(24)25-6-2/h7-12H,5-6H2,1-4H3,(H2,20,22,26)/b21-12-. The van der Waals surface area contributed by atoms with Gasteiger partial charge in [-0.1, -0.05) is 6.07 Å². The molecule has 1 aromatic heterocycles. The minimum atomic E-state index is -0.320. The number of esters is 1. The van der Waals surface area contributed by atoms with E-state index in [4.69, 9.17) is 17.0 Å². The smallest absolute Gasteiger partial charge is 0.338 e. The fraction of sp³-hybridized carbons (Fsp3) is 0.316. The van der Waals surface area contributed by atoms with Crippen molar-refractivity contribution in [1.82, 2.24) is 15.3 Å². The van der Waals surface area contributed by atoms with Crippen LogP contribution in [-0.2, 0) is 4.74 Å². The molecule has 0 bridgehead atoms. The van der Waals surface area contributed by atoms with Gasteiger partial charge in [0.2, 0.25) is 0 Å². The van der Waals surface area contributed by atoms with Crippen LogP contribution >= 0.6 is 12.2 Å². The van der Waals surface area contributed by atoms with Crippen LogP contribution in [0.3, 0.4) is 0 Å². The Bertz CT molecular complexity index is 827. The lowest BCUT2D eigenvalue weighted by Crippen LogP contribution is -2.31. The molecule has 0 aliphatic heterocycles. The highest BCUT2D eigenvalue weighted by atomic mass is 32.1. The number of aryl methyl sites for hydroxylation is 1. The fourth-order valence-corrected chi connectivity index (χ4v) is 2.86. The van der Waals surface area contributed by atoms with Gasteiger partial charge in [0.25, 0.3) is 0 Å². The van der Waals surface area contributed by atoms with Crippen LogP contribution in [0.1, 0.15) is 41.2 Å². The number of hydrogen-bond donors (Lipinski definition) is 2. The number of carbonyl (C=O) groups excluding carboxylic acids is 1. The van der Waals surface area contributed by atoms with Gasteiger partial charge in [-0.15, -0.1) is 0 Å². The van der Waals surface area contributed by atoms with Gasteiger partial charge in [-0.2, -0.15) is 5.10 Å². The molecule has 0 unspecified atom stereocenters. The molecule has 0 radical (unpaired) electrons. The average Bonchev–Trinajstić information content (AvgIpc) is 2.89. The quantitative estimate of drug-likeness (QED) is 0.353. The molecule has 0 fully saturated rings. The Morgan fingerprint density at radius 3 is 2.77 bits per heavy atom. The lowest BCUT2D eigenvalue weighted by Gasteiger charge is -2.11. The van der Waals surface area contributed by atoms with E-state index in [9.17, 15) is 4.79 Å². The third-order valence-electron chi connectivity index (χ3n) is 3.79. The summed E-state index contributed by atoms with van der Waals surface area (Å²) in [5, 5.41) is 7.63. The lowest BCUT2D eigenvalue weighted by molar-refractivity contribution is 0.0526. The summed E-state index contributed by atoms with van der Waals surface area (Å²) in [6.07, 6.45) is 1.73. The summed E-state index contributed by atoms with van der Waals surface area (Å²) in [6.45, 7) is 8.88. The number of ether oxygens (including phenoxy) is 1. The highest BCUT2D eigenvalue weighted by Crippen LogP contribution is 2.21. The van der Waals surface area contributed by atoms with E-state index in [1.165, 1.54) is 0 Å². The fourth-order valence-electron chi connectivity index (χ4n) is 2.66. The minimum Gasteiger partial charge on any atom is -0.462 e. The SMILES string of the molecule is CCNC(=S)N/N=C\c1cc(C)n(-c2cccc(C(=O)OCC)c2)c1C. The van der Waals surface area contributed by atoms with Crippen LogP contribution in [-0.4, -0.2) is 35.0 Å². The number of rotatable bonds is 6. The van der Waals surface area contributed by atoms with Crippen molar-refractivity contribution in [1.29, 1.82) is 0 Å². The third kappa shape index (κ3) is 4.70. The van der Waals surface area contributed by atoms with Gasteiger partial charge in [-0.05, 0) is 64.2 Å². The number of nitrogens with one attached hydrogen (secondary N) is 2. The van der Waals surface area contributed by atoms with E-state index < -0.39 is 0 Å². The third-order valence-corrected chi connectivity index (χ3v) is 4.03. The Hall–Kier alpha value is -2.67. The Morgan fingerprint density at radius 1 is 1.31 bits per heavy atom. The van der Waals surface area contributed by atoms with Gasteiger partial charge in [0, 0.05) is 29.2 Å². The van der Waals surface area contributed by atoms with Crippen molar-refractivity contribution in [2.24, 2.45) is 5.10 Å².